The second-order valence-corrected chi connectivity index (χ2v) is 4.71. The molecule has 2 heteroatoms. The van der Waals surface area contributed by atoms with E-state index in [0.717, 1.165) is 6.42 Å². The smallest absolute Gasteiger partial charge is 0.0267 e. The second kappa shape index (κ2) is 4.40. The highest BCUT2D eigenvalue weighted by Gasteiger charge is 1.89. The van der Waals surface area contributed by atoms with Gasteiger partial charge in [-0.2, -0.15) is 0 Å². The van der Waals surface area contributed by atoms with Gasteiger partial charge in [-0.25, -0.2) is 0 Å². The molecule has 2 heterocycles. The highest BCUT2D eigenvalue weighted by molar-refractivity contribution is 7.11. The molecule has 0 aromatic carbocycles. The Balaban J connectivity index is 1.93. The van der Waals surface area contributed by atoms with Crippen LogP contribution in [0.4, 0.5) is 0 Å². The molecule has 0 fully saturated rings. The van der Waals surface area contributed by atoms with Crippen molar-refractivity contribution in [3.8, 4) is 0 Å². The normalized spacial score (nSPS) is 11.1. The van der Waals surface area contributed by atoms with Crippen molar-refractivity contribution in [3.05, 3.63) is 50.9 Å². The Kier molecular flexibility index (Phi) is 2.95. The molecule has 2 aromatic rings. The van der Waals surface area contributed by atoms with Crippen molar-refractivity contribution in [2.75, 3.05) is 0 Å². The third kappa shape index (κ3) is 2.54. The summed E-state index contributed by atoms with van der Waals surface area (Å²) >= 11 is 3.59. The molecule has 0 unspecified atom stereocenters. The molecule has 2 rings (SSSR count). The molecule has 66 valence electrons. The van der Waals surface area contributed by atoms with Crippen molar-refractivity contribution in [2.24, 2.45) is 0 Å². The molecule has 0 radical (unpaired) electrons. The van der Waals surface area contributed by atoms with Crippen LogP contribution in [0.15, 0.2) is 41.1 Å². The van der Waals surface area contributed by atoms with Gasteiger partial charge in [-0.05, 0) is 29.0 Å². The molecule has 13 heavy (non-hydrogen) atoms. The van der Waals surface area contributed by atoms with E-state index >= 15 is 0 Å². The van der Waals surface area contributed by atoms with E-state index in [4.69, 9.17) is 0 Å². The second-order valence-electron chi connectivity index (χ2n) is 2.70. The lowest BCUT2D eigenvalue weighted by Crippen LogP contribution is -1.70. The maximum atomic E-state index is 2.22. The van der Waals surface area contributed by atoms with Crippen molar-refractivity contribution >= 4 is 28.7 Å². The average molecular weight is 206 g/mol. The number of rotatable bonds is 3. The summed E-state index contributed by atoms with van der Waals surface area (Å²) in [4.78, 5) is 2.75. The van der Waals surface area contributed by atoms with E-state index in [0.29, 0.717) is 0 Å². The lowest BCUT2D eigenvalue weighted by atomic mass is 10.3. The van der Waals surface area contributed by atoms with E-state index < -0.39 is 0 Å². The van der Waals surface area contributed by atoms with Crippen LogP contribution in [-0.4, -0.2) is 0 Å². The summed E-state index contributed by atoms with van der Waals surface area (Å²) in [7, 11) is 0. The fourth-order valence-electron chi connectivity index (χ4n) is 1.11. The van der Waals surface area contributed by atoms with Crippen molar-refractivity contribution in [1.82, 2.24) is 0 Å². The summed E-state index contributed by atoms with van der Waals surface area (Å²) in [6, 6.07) is 8.48. The lowest BCUT2D eigenvalue weighted by Gasteiger charge is -1.86. The van der Waals surface area contributed by atoms with Gasteiger partial charge in [-0.15, -0.1) is 22.7 Å². The maximum Gasteiger partial charge on any atom is 0.0267 e. The van der Waals surface area contributed by atoms with Crippen molar-refractivity contribution in [1.29, 1.82) is 0 Å². The van der Waals surface area contributed by atoms with E-state index in [9.17, 15) is 0 Å². The zero-order chi connectivity index (χ0) is 8.93. The Labute approximate surface area is 86.2 Å². The zero-order valence-electron chi connectivity index (χ0n) is 7.14. The summed E-state index contributed by atoms with van der Waals surface area (Å²) < 4.78 is 0. The highest BCUT2D eigenvalue weighted by Crippen LogP contribution is 2.13. The van der Waals surface area contributed by atoms with Crippen LogP contribution in [0.3, 0.4) is 0 Å². The van der Waals surface area contributed by atoms with Gasteiger partial charge in [0, 0.05) is 16.2 Å². The van der Waals surface area contributed by atoms with E-state index in [1.54, 1.807) is 11.3 Å². The van der Waals surface area contributed by atoms with Gasteiger partial charge in [-0.1, -0.05) is 18.2 Å². The van der Waals surface area contributed by atoms with Crippen LogP contribution in [0.5, 0.6) is 0 Å². The van der Waals surface area contributed by atoms with Gasteiger partial charge in [0.05, 0.1) is 0 Å². The van der Waals surface area contributed by atoms with Gasteiger partial charge in [0.25, 0.3) is 0 Å². The number of allylic oxidation sites excluding steroid dienone is 1. The van der Waals surface area contributed by atoms with Crippen LogP contribution in [0, 0.1) is 0 Å². The third-order valence-electron chi connectivity index (χ3n) is 1.72. The van der Waals surface area contributed by atoms with Gasteiger partial charge < -0.3 is 0 Å². The Bertz CT molecular complexity index is 355. The van der Waals surface area contributed by atoms with Gasteiger partial charge in [0.15, 0.2) is 0 Å². The lowest BCUT2D eigenvalue weighted by molar-refractivity contribution is 1.36. The Morgan fingerprint density at radius 2 is 1.92 bits per heavy atom. The fourth-order valence-corrected chi connectivity index (χ4v) is 2.43. The quantitative estimate of drug-likeness (QED) is 0.710. The minimum atomic E-state index is 1.05. The van der Waals surface area contributed by atoms with Crippen LogP contribution in [0.25, 0.3) is 6.08 Å². The minimum Gasteiger partial charge on any atom is -0.149 e. The van der Waals surface area contributed by atoms with E-state index in [1.807, 2.05) is 11.3 Å². The standard InChI is InChI=1S/C11H10S2/c1(4-10-6-2-8-12-10)5-11-7-3-9-13-11/h1-4,6-9H,5H2/b4-1+. The molecular weight excluding hydrogens is 196 g/mol. The van der Waals surface area contributed by atoms with Crippen LogP contribution in [0.2, 0.25) is 0 Å². The van der Waals surface area contributed by atoms with Gasteiger partial charge >= 0.3 is 0 Å². The van der Waals surface area contributed by atoms with Crippen molar-refractivity contribution < 1.29 is 0 Å². The SMILES string of the molecule is C(=C\c1cccs1)/Cc1cccs1. The molecular formula is C11H10S2. The molecule has 0 saturated heterocycles. The molecule has 0 atom stereocenters. The molecule has 0 nitrogen and oxygen atoms in total. The summed E-state index contributed by atoms with van der Waals surface area (Å²) in [6.45, 7) is 0. The Morgan fingerprint density at radius 3 is 2.62 bits per heavy atom. The summed E-state index contributed by atoms with van der Waals surface area (Å²) in [5.74, 6) is 0. The van der Waals surface area contributed by atoms with E-state index in [1.165, 1.54) is 9.75 Å². The first kappa shape index (κ1) is 8.73. The molecule has 2 aromatic heterocycles. The first-order valence-electron chi connectivity index (χ1n) is 4.17. The maximum absolute atomic E-state index is 2.22. The van der Waals surface area contributed by atoms with Gasteiger partial charge in [0.2, 0.25) is 0 Å². The van der Waals surface area contributed by atoms with Crippen LogP contribution >= 0.6 is 22.7 Å². The predicted molar refractivity (Wildman–Crippen MR) is 61.4 cm³/mol. The molecule has 0 amide bonds. The fraction of sp³-hybridized carbons (Fsp3) is 0.0909. The molecule has 0 spiro atoms. The number of thiophene rings is 2. The summed E-state index contributed by atoms with van der Waals surface area (Å²) in [5, 5.41) is 4.22. The Morgan fingerprint density at radius 1 is 1.08 bits per heavy atom. The minimum absolute atomic E-state index is 1.05. The molecule has 0 saturated carbocycles. The first-order chi connectivity index (χ1) is 6.45. The highest BCUT2D eigenvalue weighted by atomic mass is 32.1. The summed E-state index contributed by atoms with van der Waals surface area (Å²) in [6.07, 6.45) is 5.46. The van der Waals surface area contributed by atoms with Gasteiger partial charge in [-0.3, -0.25) is 0 Å². The predicted octanol–water partition coefficient (Wildman–Crippen LogP) is 4.07. The van der Waals surface area contributed by atoms with Crippen LogP contribution < -0.4 is 0 Å². The van der Waals surface area contributed by atoms with Crippen molar-refractivity contribution in [2.45, 2.75) is 6.42 Å². The molecule has 0 aliphatic rings. The first-order valence-corrected chi connectivity index (χ1v) is 5.93. The Hall–Kier alpha value is -0.860. The van der Waals surface area contributed by atoms with E-state index in [2.05, 4.69) is 47.2 Å². The van der Waals surface area contributed by atoms with Crippen LogP contribution in [-0.2, 0) is 6.42 Å². The largest absolute Gasteiger partial charge is 0.149 e. The molecule has 0 bridgehead atoms. The monoisotopic (exact) mass is 206 g/mol. The molecule has 0 aliphatic heterocycles. The van der Waals surface area contributed by atoms with Crippen LogP contribution in [0.1, 0.15) is 9.75 Å². The zero-order valence-corrected chi connectivity index (χ0v) is 8.78. The molecule has 0 aliphatic carbocycles. The third-order valence-corrected chi connectivity index (χ3v) is 3.46. The summed E-state index contributed by atoms with van der Waals surface area (Å²) in [5.41, 5.74) is 0. The number of hydrogen-bond acceptors (Lipinski definition) is 2. The van der Waals surface area contributed by atoms with Crippen molar-refractivity contribution in [3.63, 3.8) is 0 Å². The number of hydrogen-bond donors (Lipinski definition) is 0. The molecule has 0 N–H and O–H groups in total. The average Bonchev–Trinajstić information content (AvgIpc) is 2.75. The van der Waals surface area contributed by atoms with E-state index in [-0.39, 0.29) is 0 Å². The van der Waals surface area contributed by atoms with Gasteiger partial charge in [0.1, 0.15) is 0 Å². The topological polar surface area (TPSA) is 0 Å².